The summed E-state index contributed by atoms with van der Waals surface area (Å²) in [6.07, 6.45) is 2.20. The fourth-order valence-electron chi connectivity index (χ4n) is 1.57. The summed E-state index contributed by atoms with van der Waals surface area (Å²) in [6, 6.07) is 8.10. The maximum atomic E-state index is 8.96. The van der Waals surface area contributed by atoms with Crippen LogP contribution in [-0.4, -0.2) is 12.6 Å². The molecule has 1 aliphatic rings. The molecule has 1 N–H and O–H groups in total. The van der Waals surface area contributed by atoms with E-state index in [1.807, 2.05) is 31.2 Å². The molecular formula is C10H11N3. The molecule has 0 spiro atoms. The predicted molar refractivity (Wildman–Crippen MR) is 52.5 cm³/mol. The Morgan fingerprint density at radius 3 is 3.08 bits per heavy atom. The van der Waals surface area contributed by atoms with Crippen LogP contribution in [0, 0.1) is 11.5 Å². The summed E-state index contributed by atoms with van der Waals surface area (Å²) in [4.78, 5) is 1.74. The molecule has 2 rings (SSSR count). The molecule has 3 nitrogen and oxygen atoms in total. The highest BCUT2D eigenvalue weighted by Gasteiger charge is 2.21. The molecule has 0 amide bonds. The monoisotopic (exact) mass is 173 g/mol. The minimum absolute atomic E-state index is 0.236. The van der Waals surface area contributed by atoms with Gasteiger partial charge in [-0.25, -0.2) is 0 Å². The average Bonchev–Trinajstić information content (AvgIpc) is 2.18. The van der Waals surface area contributed by atoms with Crippen LogP contribution in [0.4, 0.5) is 11.4 Å². The van der Waals surface area contributed by atoms with Gasteiger partial charge in [-0.2, -0.15) is 5.26 Å². The minimum atomic E-state index is 0.236. The van der Waals surface area contributed by atoms with Crippen molar-refractivity contribution in [3.63, 3.8) is 0 Å². The van der Waals surface area contributed by atoms with Gasteiger partial charge in [0.25, 0.3) is 0 Å². The second-order valence-electron chi connectivity index (χ2n) is 3.22. The Morgan fingerprint density at radius 1 is 1.54 bits per heavy atom. The van der Waals surface area contributed by atoms with Crippen LogP contribution in [0.15, 0.2) is 24.3 Å². The summed E-state index contributed by atoms with van der Waals surface area (Å²) in [6.45, 7) is 2.86. The van der Waals surface area contributed by atoms with Crippen molar-refractivity contribution in [3.05, 3.63) is 24.3 Å². The van der Waals surface area contributed by atoms with Gasteiger partial charge in [0.05, 0.1) is 17.4 Å². The number of hydrogen-bond acceptors (Lipinski definition) is 3. The topological polar surface area (TPSA) is 39.1 Å². The molecule has 0 radical (unpaired) electrons. The van der Waals surface area contributed by atoms with Crippen LogP contribution in [0.3, 0.4) is 0 Å². The van der Waals surface area contributed by atoms with Crippen molar-refractivity contribution in [2.75, 3.05) is 16.8 Å². The van der Waals surface area contributed by atoms with E-state index in [0.29, 0.717) is 0 Å². The quantitative estimate of drug-likeness (QED) is 0.608. The molecule has 1 atom stereocenters. The Bertz CT molecular complexity index is 353. The van der Waals surface area contributed by atoms with E-state index in [1.54, 1.807) is 4.90 Å². The molecule has 1 aromatic rings. The van der Waals surface area contributed by atoms with E-state index in [-0.39, 0.29) is 6.04 Å². The highest BCUT2D eigenvalue weighted by atomic mass is 15.2. The van der Waals surface area contributed by atoms with Crippen molar-refractivity contribution in [1.29, 1.82) is 5.26 Å². The van der Waals surface area contributed by atoms with Gasteiger partial charge in [-0.15, -0.1) is 0 Å². The summed E-state index contributed by atoms with van der Waals surface area (Å²) >= 11 is 0. The number of benzene rings is 1. The zero-order valence-electron chi connectivity index (χ0n) is 7.49. The molecule has 1 unspecified atom stereocenters. The number of nitriles is 1. The Morgan fingerprint density at radius 2 is 2.31 bits per heavy atom. The van der Waals surface area contributed by atoms with Gasteiger partial charge in [0.15, 0.2) is 6.19 Å². The third kappa shape index (κ3) is 1.20. The van der Waals surface area contributed by atoms with Crippen LogP contribution in [0.1, 0.15) is 6.92 Å². The Balaban J connectivity index is 2.46. The van der Waals surface area contributed by atoms with Gasteiger partial charge in [0.2, 0.25) is 0 Å². The SMILES string of the molecule is CC1CNc2ccccc2N1C#N. The average molecular weight is 173 g/mol. The lowest BCUT2D eigenvalue weighted by Crippen LogP contribution is -2.38. The molecule has 1 aromatic carbocycles. The van der Waals surface area contributed by atoms with E-state index >= 15 is 0 Å². The summed E-state index contributed by atoms with van der Waals surface area (Å²) in [7, 11) is 0. The van der Waals surface area contributed by atoms with E-state index in [9.17, 15) is 0 Å². The highest BCUT2D eigenvalue weighted by molar-refractivity contribution is 5.74. The van der Waals surface area contributed by atoms with Gasteiger partial charge in [-0.1, -0.05) is 12.1 Å². The van der Waals surface area contributed by atoms with Crippen molar-refractivity contribution in [2.24, 2.45) is 0 Å². The second-order valence-corrected chi connectivity index (χ2v) is 3.22. The number of fused-ring (bicyclic) bond motifs is 1. The van der Waals surface area contributed by atoms with Crippen LogP contribution in [-0.2, 0) is 0 Å². The largest absolute Gasteiger partial charge is 0.381 e. The zero-order chi connectivity index (χ0) is 9.26. The molecule has 1 aliphatic heterocycles. The third-order valence-corrected chi connectivity index (χ3v) is 2.30. The highest BCUT2D eigenvalue weighted by Crippen LogP contribution is 2.29. The van der Waals surface area contributed by atoms with Gasteiger partial charge in [0, 0.05) is 6.54 Å². The minimum Gasteiger partial charge on any atom is -0.381 e. The van der Waals surface area contributed by atoms with Crippen LogP contribution in [0.2, 0.25) is 0 Å². The molecule has 0 bridgehead atoms. The number of nitrogens with one attached hydrogen (secondary N) is 1. The van der Waals surface area contributed by atoms with Crippen molar-refractivity contribution in [2.45, 2.75) is 13.0 Å². The lowest BCUT2D eigenvalue weighted by molar-refractivity contribution is 0.729. The zero-order valence-corrected chi connectivity index (χ0v) is 7.49. The van der Waals surface area contributed by atoms with Crippen molar-refractivity contribution >= 4 is 11.4 Å². The Hall–Kier alpha value is -1.69. The summed E-state index contributed by atoms with van der Waals surface area (Å²) < 4.78 is 0. The fourth-order valence-corrected chi connectivity index (χ4v) is 1.57. The number of anilines is 2. The Labute approximate surface area is 77.6 Å². The normalized spacial score (nSPS) is 20.0. The fraction of sp³-hybridized carbons (Fsp3) is 0.300. The smallest absolute Gasteiger partial charge is 0.184 e. The molecule has 0 fully saturated rings. The van der Waals surface area contributed by atoms with Gasteiger partial charge in [-0.3, -0.25) is 4.90 Å². The first-order valence-corrected chi connectivity index (χ1v) is 4.35. The summed E-state index contributed by atoms with van der Waals surface area (Å²) in [5.41, 5.74) is 2.02. The molecule has 0 saturated carbocycles. The predicted octanol–water partition coefficient (Wildman–Crippen LogP) is 1.79. The van der Waals surface area contributed by atoms with Crippen LogP contribution in [0.5, 0.6) is 0 Å². The van der Waals surface area contributed by atoms with E-state index in [4.69, 9.17) is 5.26 Å². The van der Waals surface area contributed by atoms with Gasteiger partial charge < -0.3 is 5.32 Å². The molecule has 3 heteroatoms. The first-order valence-electron chi connectivity index (χ1n) is 4.35. The summed E-state index contributed by atoms with van der Waals surface area (Å²) in [5, 5.41) is 12.2. The number of nitrogens with zero attached hydrogens (tertiary/aromatic N) is 2. The number of para-hydroxylation sites is 2. The maximum Gasteiger partial charge on any atom is 0.184 e. The van der Waals surface area contributed by atoms with E-state index < -0.39 is 0 Å². The second kappa shape index (κ2) is 2.98. The number of hydrogen-bond donors (Lipinski definition) is 1. The van der Waals surface area contributed by atoms with Crippen LogP contribution < -0.4 is 10.2 Å². The van der Waals surface area contributed by atoms with E-state index in [1.165, 1.54) is 0 Å². The van der Waals surface area contributed by atoms with E-state index in [0.717, 1.165) is 17.9 Å². The van der Waals surface area contributed by atoms with Gasteiger partial charge >= 0.3 is 0 Å². The standard InChI is InChI=1S/C10H11N3/c1-8-6-12-9-4-2-3-5-10(9)13(8)7-11/h2-5,8,12H,6H2,1H3. The van der Waals surface area contributed by atoms with Crippen LogP contribution >= 0.6 is 0 Å². The molecule has 66 valence electrons. The van der Waals surface area contributed by atoms with Crippen molar-refractivity contribution in [3.8, 4) is 6.19 Å². The van der Waals surface area contributed by atoms with Gasteiger partial charge in [0.1, 0.15) is 0 Å². The molecule has 0 aliphatic carbocycles. The Kier molecular flexibility index (Phi) is 1.82. The van der Waals surface area contributed by atoms with Crippen LogP contribution in [0.25, 0.3) is 0 Å². The lowest BCUT2D eigenvalue weighted by Gasteiger charge is -2.31. The summed E-state index contributed by atoms with van der Waals surface area (Å²) in [5.74, 6) is 0. The lowest BCUT2D eigenvalue weighted by atomic mass is 10.1. The number of rotatable bonds is 0. The van der Waals surface area contributed by atoms with E-state index in [2.05, 4.69) is 11.5 Å². The maximum absolute atomic E-state index is 8.96. The molecule has 13 heavy (non-hydrogen) atoms. The molecule has 0 aromatic heterocycles. The first kappa shape index (κ1) is 7.93. The molecular weight excluding hydrogens is 162 g/mol. The van der Waals surface area contributed by atoms with Gasteiger partial charge in [-0.05, 0) is 19.1 Å². The van der Waals surface area contributed by atoms with Crippen molar-refractivity contribution in [1.82, 2.24) is 0 Å². The molecule has 0 saturated heterocycles. The third-order valence-electron chi connectivity index (χ3n) is 2.30. The first-order chi connectivity index (χ1) is 6.33. The van der Waals surface area contributed by atoms with Crippen molar-refractivity contribution < 1.29 is 0 Å². The molecule has 1 heterocycles.